The van der Waals surface area contributed by atoms with E-state index in [2.05, 4.69) is 10.2 Å². The number of hydrogen-bond acceptors (Lipinski definition) is 2. The molecule has 0 spiro atoms. The molecule has 0 fully saturated rings. The van der Waals surface area contributed by atoms with Gasteiger partial charge in [0.15, 0.2) is 5.56 Å². The van der Waals surface area contributed by atoms with E-state index in [1.807, 2.05) is 19.1 Å². The van der Waals surface area contributed by atoms with Crippen molar-refractivity contribution in [1.82, 2.24) is 10.2 Å². The first-order valence-electron chi connectivity index (χ1n) is 5.26. The van der Waals surface area contributed by atoms with Crippen molar-refractivity contribution in [3.8, 4) is 11.3 Å². The van der Waals surface area contributed by atoms with Gasteiger partial charge in [0.25, 0.3) is 5.56 Å². The molecule has 0 saturated carbocycles. The normalized spacial score (nSPS) is 10.4. The molecule has 1 aromatic heterocycles. The lowest BCUT2D eigenvalue weighted by atomic mass is 10.1. The summed E-state index contributed by atoms with van der Waals surface area (Å²) in [7, 11) is 0. The lowest BCUT2D eigenvalue weighted by Gasteiger charge is -2.01. The summed E-state index contributed by atoms with van der Waals surface area (Å²) >= 11 is 0. The van der Waals surface area contributed by atoms with Gasteiger partial charge in [0, 0.05) is 5.56 Å². The molecule has 5 heteroatoms. The van der Waals surface area contributed by atoms with E-state index in [0.717, 1.165) is 12.0 Å². The second kappa shape index (κ2) is 4.29. The molecule has 0 aliphatic carbocycles. The summed E-state index contributed by atoms with van der Waals surface area (Å²) in [5.41, 5.74) is 1.27. The van der Waals surface area contributed by atoms with Gasteiger partial charge in [-0.25, -0.2) is 4.79 Å². The number of nitrogens with one attached hydrogen (secondary N) is 2. The Balaban J connectivity index is 2.53. The third kappa shape index (κ3) is 1.99. The van der Waals surface area contributed by atoms with Crippen LogP contribution in [0.5, 0.6) is 0 Å². The van der Waals surface area contributed by atoms with E-state index in [9.17, 15) is 9.59 Å². The molecule has 0 unspecified atom stereocenters. The Kier molecular flexibility index (Phi) is 2.82. The highest BCUT2D eigenvalue weighted by Crippen LogP contribution is 2.19. The Hall–Kier alpha value is -2.30. The van der Waals surface area contributed by atoms with Crippen LogP contribution in [0.2, 0.25) is 0 Å². The lowest BCUT2D eigenvalue weighted by Crippen LogP contribution is -2.12. The van der Waals surface area contributed by atoms with Gasteiger partial charge in [-0.3, -0.25) is 15.0 Å². The molecule has 0 atom stereocenters. The van der Waals surface area contributed by atoms with Gasteiger partial charge in [0.2, 0.25) is 0 Å². The van der Waals surface area contributed by atoms with E-state index in [1.54, 1.807) is 12.1 Å². The van der Waals surface area contributed by atoms with Crippen LogP contribution in [0, 0.1) is 0 Å². The number of aromatic nitrogens is 2. The number of carboxylic acids is 1. The first kappa shape index (κ1) is 11.2. The number of H-pyrrole nitrogens is 2. The molecule has 88 valence electrons. The highest BCUT2D eigenvalue weighted by atomic mass is 16.4. The number of aromatic carboxylic acids is 1. The molecule has 2 rings (SSSR count). The largest absolute Gasteiger partial charge is 0.477 e. The fourth-order valence-electron chi connectivity index (χ4n) is 1.69. The minimum atomic E-state index is -1.23. The van der Waals surface area contributed by atoms with Crippen molar-refractivity contribution in [1.29, 1.82) is 0 Å². The summed E-state index contributed by atoms with van der Waals surface area (Å²) in [5.74, 6) is -1.23. The Bertz CT molecular complexity index is 593. The molecule has 1 heterocycles. The number of rotatable bonds is 3. The third-order valence-electron chi connectivity index (χ3n) is 2.64. The summed E-state index contributed by atoms with van der Waals surface area (Å²) < 4.78 is 0. The maximum atomic E-state index is 11.3. The molecule has 0 amide bonds. The maximum Gasteiger partial charge on any atom is 0.343 e. The summed E-state index contributed by atoms with van der Waals surface area (Å²) in [4.78, 5) is 22.3. The van der Waals surface area contributed by atoms with Crippen molar-refractivity contribution in [2.45, 2.75) is 13.3 Å². The molecule has 0 aliphatic heterocycles. The van der Waals surface area contributed by atoms with Gasteiger partial charge in [0.1, 0.15) is 0 Å². The van der Waals surface area contributed by atoms with Crippen molar-refractivity contribution in [2.75, 3.05) is 0 Å². The SMILES string of the molecule is CCc1ccc(-c2[nH][nH]c(=O)c2C(=O)O)cc1. The fourth-order valence-corrected chi connectivity index (χ4v) is 1.69. The van der Waals surface area contributed by atoms with Gasteiger partial charge in [-0.2, -0.15) is 0 Å². The highest BCUT2D eigenvalue weighted by Gasteiger charge is 2.18. The van der Waals surface area contributed by atoms with Crippen LogP contribution < -0.4 is 5.56 Å². The minimum Gasteiger partial charge on any atom is -0.477 e. The van der Waals surface area contributed by atoms with E-state index in [1.165, 1.54) is 0 Å². The maximum absolute atomic E-state index is 11.3. The number of benzene rings is 1. The first-order chi connectivity index (χ1) is 8.13. The van der Waals surface area contributed by atoms with Crippen molar-refractivity contribution in [2.24, 2.45) is 0 Å². The summed E-state index contributed by atoms with van der Waals surface area (Å²) in [6.07, 6.45) is 0.912. The van der Waals surface area contributed by atoms with Crippen LogP contribution in [0.25, 0.3) is 11.3 Å². The molecular weight excluding hydrogens is 220 g/mol. The third-order valence-corrected chi connectivity index (χ3v) is 2.64. The zero-order valence-electron chi connectivity index (χ0n) is 9.28. The van der Waals surface area contributed by atoms with E-state index in [4.69, 9.17) is 5.11 Å². The topological polar surface area (TPSA) is 86.0 Å². The first-order valence-corrected chi connectivity index (χ1v) is 5.26. The van der Waals surface area contributed by atoms with Gasteiger partial charge >= 0.3 is 5.97 Å². The molecule has 0 bridgehead atoms. The van der Waals surface area contributed by atoms with Gasteiger partial charge in [-0.05, 0) is 12.0 Å². The second-order valence-electron chi connectivity index (χ2n) is 3.68. The van der Waals surface area contributed by atoms with Crippen LogP contribution in [-0.4, -0.2) is 21.3 Å². The van der Waals surface area contributed by atoms with E-state index >= 15 is 0 Å². The molecule has 17 heavy (non-hydrogen) atoms. The molecule has 5 nitrogen and oxygen atoms in total. The molecule has 0 aliphatic rings. The van der Waals surface area contributed by atoms with E-state index in [0.29, 0.717) is 11.3 Å². The minimum absolute atomic E-state index is 0.255. The van der Waals surface area contributed by atoms with Gasteiger partial charge in [-0.1, -0.05) is 31.2 Å². The standard InChI is InChI=1S/C12H12N2O3/c1-2-7-3-5-8(6-4-7)10-9(12(16)17)11(15)14-13-10/h3-6H,2H2,1H3,(H,16,17)(H2,13,14,15). The lowest BCUT2D eigenvalue weighted by molar-refractivity contribution is 0.0696. The van der Waals surface area contributed by atoms with Crippen LogP contribution in [0.15, 0.2) is 29.1 Å². The van der Waals surface area contributed by atoms with E-state index in [-0.39, 0.29) is 5.56 Å². The average Bonchev–Trinajstić information content (AvgIpc) is 2.71. The van der Waals surface area contributed by atoms with Crippen molar-refractivity contribution in [3.05, 3.63) is 45.7 Å². The quantitative estimate of drug-likeness (QED) is 0.751. The highest BCUT2D eigenvalue weighted by molar-refractivity contribution is 5.94. The van der Waals surface area contributed by atoms with Crippen molar-refractivity contribution < 1.29 is 9.90 Å². The van der Waals surface area contributed by atoms with Gasteiger partial charge in [0.05, 0.1) is 5.69 Å². The predicted molar refractivity (Wildman–Crippen MR) is 63.2 cm³/mol. The number of aromatic amines is 2. The number of carbonyl (C=O) groups is 1. The van der Waals surface area contributed by atoms with Crippen LogP contribution >= 0.6 is 0 Å². The monoisotopic (exact) mass is 232 g/mol. The molecule has 0 radical (unpaired) electrons. The summed E-state index contributed by atoms with van der Waals surface area (Å²) in [6.45, 7) is 2.04. The van der Waals surface area contributed by atoms with Crippen molar-refractivity contribution >= 4 is 5.97 Å². The van der Waals surface area contributed by atoms with Crippen LogP contribution in [0.4, 0.5) is 0 Å². The number of hydrogen-bond donors (Lipinski definition) is 3. The number of carboxylic acid groups (broad SMARTS) is 1. The molecule has 3 N–H and O–H groups in total. The molecule has 0 saturated heterocycles. The Morgan fingerprint density at radius 1 is 1.24 bits per heavy atom. The zero-order valence-corrected chi connectivity index (χ0v) is 9.28. The molecular formula is C12H12N2O3. The smallest absolute Gasteiger partial charge is 0.343 e. The van der Waals surface area contributed by atoms with Gasteiger partial charge < -0.3 is 5.11 Å². The van der Waals surface area contributed by atoms with Crippen molar-refractivity contribution in [3.63, 3.8) is 0 Å². The summed E-state index contributed by atoms with van der Waals surface area (Å²) in [5, 5.41) is 13.8. The Morgan fingerprint density at radius 3 is 2.41 bits per heavy atom. The van der Waals surface area contributed by atoms with Crippen LogP contribution in [0.1, 0.15) is 22.8 Å². The second-order valence-corrected chi connectivity index (χ2v) is 3.68. The molecule has 2 aromatic rings. The molecule has 1 aromatic carbocycles. The number of aryl methyl sites for hydroxylation is 1. The fraction of sp³-hybridized carbons (Fsp3) is 0.167. The van der Waals surface area contributed by atoms with Crippen LogP contribution in [0.3, 0.4) is 0 Å². The zero-order chi connectivity index (χ0) is 12.4. The summed E-state index contributed by atoms with van der Waals surface area (Å²) in [6, 6.07) is 7.41. The van der Waals surface area contributed by atoms with Crippen LogP contribution in [-0.2, 0) is 6.42 Å². The Morgan fingerprint density at radius 2 is 1.88 bits per heavy atom. The van der Waals surface area contributed by atoms with E-state index < -0.39 is 11.5 Å². The Labute approximate surface area is 97.1 Å². The average molecular weight is 232 g/mol. The predicted octanol–water partition coefficient (Wildman–Crippen LogP) is 1.63. The van der Waals surface area contributed by atoms with Gasteiger partial charge in [-0.15, -0.1) is 0 Å².